The van der Waals surface area contributed by atoms with Gasteiger partial charge in [0.15, 0.2) is 0 Å². The summed E-state index contributed by atoms with van der Waals surface area (Å²) in [4.78, 5) is 15.4. The van der Waals surface area contributed by atoms with E-state index in [4.69, 9.17) is 5.11 Å². The van der Waals surface area contributed by atoms with Crippen molar-refractivity contribution in [1.82, 2.24) is 9.55 Å². The van der Waals surface area contributed by atoms with Gasteiger partial charge in [0.2, 0.25) is 0 Å². The molecule has 3 rings (SSSR count). The summed E-state index contributed by atoms with van der Waals surface area (Å²) in [5.41, 5.74) is 1.23. The van der Waals surface area contributed by atoms with E-state index in [1.165, 1.54) is 10.7 Å². The SMILES string of the molecule is O=C(O)C1CCC(n2cnc3c2SCC3)CC1. The van der Waals surface area contributed by atoms with Crippen molar-refractivity contribution in [2.24, 2.45) is 5.92 Å². The molecule has 1 aliphatic carbocycles. The first-order chi connectivity index (χ1) is 8.25. The van der Waals surface area contributed by atoms with Crippen molar-refractivity contribution in [3.8, 4) is 0 Å². The number of carboxylic acid groups (broad SMARTS) is 1. The summed E-state index contributed by atoms with van der Waals surface area (Å²) in [6.45, 7) is 0. The zero-order valence-electron chi connectivity index (χ0n) is 9.63. The van der Waals surface area contributed by atoms with Gasteiger partial charge in [-0.25, -0.2) is 4.98 Å². The van der Waals surface area contributed by atoms with Gasteiger partial charge in [-0.2, -0.15) is 0 Å². The van der Waals surface area contributed by atoms with Crippen LogP contribution in [-0.2, 0) is 11.2 Å². The van der Waals surface area contributed by atoms with Crippen molar-refractivity contribution in [2.45, 2.75) is 43.2 Å². The van der Waals surface area contributed by atoms with Gasteiger partial charge in [-0.3, -0.25) is 4.79 Å². The molecule has 0 saturated heterocycles. The number of carbonyl (C=O) groups is 1. The molecule has 92 valence electrons. The average Bonchev–Trinajstić information content (AvgIpc) is 2.90. The topological polar surface area (TPSA) is 55.1 Å². The van der Waals surface area contributed by atoms with Crippen LogP contribution in [0, 0.1) is 5.92 Å². The second-order valence-electron chi connectivity index (χ2n) is 4.85. The molecule has 0 amide bonds. The molecule has 0 aromatic carbocycles. The van der Waals surface area contributed by atoms with Gasteiger partial charge in [-0.1, -0.05) is 0 Å². The lowest BCUT2D eigenvalue weighted by atomic mass is 9.86. The first-order valence-electron chi connectivity index (χ1n) is 6.17. The standard InChI is InChI=1S/C12H16N2O2S/c15-12(16)8-1-3-9(4-2-8)14-7-13-10-5-6-17-11(10)14/h7-9H,1-6H2,(H,15,16). The largest absolute Gasteiger partial charge is 0.481 e. The lowest BCUT2D eigenvalue weighted by molar-refractivity contribution is -0.143. The van der Waals surface area contributed by atoms with E-state index in [-0.39, 0.29) is 5.92 Å². The Morgan fingerprint density at radius 3 is 2.88 bits per heavy atom. The van der Waals surface area contributed by atoms with E-state index in [1.54, 1.807) is 0 Å². The van der Waals surface area contributed by atoms with Crippen molar-refractivity contribution in [1.29, 1.82) is 0 Å². The molecule has 0 atom stereocenters. The molecule has 0 radical (unpaired) electrons. The Kier molecular flexibility index (Phi) is 2.86. The van der Waals surface area contributed by atoms with Gasteiger partial charge in [-0.15, -0.1) is 11.8 Å². The molecular formula is C12H16N2O2S. The Labute approximate surface area is 104 Å². The number of nitrogens with zero attached hydrogens (tertiary/aromatic N) is 2. The first-order valence-corrected chi connectivity index (χ1v) is 7.15. The van der Waals surface area contributed by atoms with E-state index in [1.807, 2.05) is 18.1 Å². The maximum atomic E-state index is 10.9. The molecule has 1 fully saturated rings. The fourth-order valence-electron chi connectivity index (χ4n) is 2.82. The molecule has 2 aliphatic rings. The number of thioether (sulfide) groups is 1. The number of carboxylic acids is 1. The molecule has 0 bridgehead atoms. The predicted octanol–water partition coefficient (Wildman–Crippen LogP) is 2.35. The highest BCUT2D eigenvalue weighted by atomic mass is 32.2. The first kappa shape index (κ1) is 11.1. The second-order valence-corrected chi connectivity index (χ2v) is 5.93. The number of hydrogen-bond acceptors (Lipinski definition) is 3. The van der Waals surface area contributed by atoms with Crippen LogP contribution in [0.3, 0.4) is 0 Å². The molecule has 0 spiro atoms. The van der Waals surface area contributed by atoms with Crippen molar-refractivity contribution < 1.29 is 9.90 Å². The fourth-order valence-corrected chi connectivity index (χ4v) is 3.98. The van der Waals surface area contributed by atoms with Gasteiger partial charge < -0.3 is 9.67 Å². The van der Waals surface area contributed by atoms with Crippen LogP contribution in [0.25, 0.3) is 0 Å². The summed E-state index contributed by atoms with van der Waals surface area (Å²) in [6.07, 6.45) is 6.58. The highest BCUT2D eigenvalue weighted by Crippen LogP contribution is 2.38. The van der Waals surface area contributed by atoms with Gasteiger partial charge in [0.25, 0.3) is 0 Å². The number of rotatable bonds is 2. The maximum Gasteiger partial charge on any atom is 0.306 e. The lowest BCUT2D eigenvalue weighted by Gasteiger charge is -2.27. The second kappa shape index (κ2) is 4.37. The van der Waals surface area contributed by atoms with Crippen molar-refractivity contribution in [3.63, 3.8) is 0 Å². The fraction of sp³-hybridized carbons (Fsp3) is 0.667. The Hall–Kier alpha value is -0.970. The summed E-state index contributed by atoms with van der Waals surface area (Å²) < 4.78 is 2.28. The molecule has 1 aromatic heterocycles. The summed E-state index contributed by atoms with van der Waals surface area (Å²) >= 11 is 1.89. The van der Waals surface area contributed by atoms with Crippen LogP contribution in [0.2, 0.25) is 0 Å². The number of hydrogen-bond donors (Lipinski definition) is 1. The Morgan fingerprint density at radius 1 is 1.41 bits per heavy atom. The molecule has 17 heavy (non-hydrogen) atoms. The van der Waals surface area contributed by atoms with Crippen LogP contribution < -0.4 is 0 Å². The van der Waals surface area contributed by atoms with E-state index in [9.17, 15) is 4.79 Å². The Balaban J connectivity index is 1.72. The molecule has 2 heterocycles. The number of imidazole rings is 1. The van der Waals surface area contributed by atoms with Gasteiger partial charge in [-0.05, 0) is 25.7 Å². The van der Waals surface area contributed by atoms with Gasteiger partial charge >= 0.3 is 5.97 Å². The highest BCUT2D eigenvalue weighted by molar-refractivity contribution is 7.99. The van der Waals surface area contributed by atoms with E-state index in [0.29, 0.717) is 6.04 Å². The van der Waals surface area contributed by atoms with Crippen LogP contribution in [0.4, 0.5) is 0 Å². The molecule has 0 unspecified atom stereocenters. The minimum atomic E-state index is -0.631. The minimum Gasteiger partial charge on any atom is -0.481 e. The summed E-state index contributed by atoms with van der Waals surface area (Å²) in [5, 5.41) is 10.3. The summed E-state index contributed by atoms with van der Waals surface area (Å²) in [5.74, 6) is 0.382. The van der Waals surface area contributed by atoms with E-state index >= 15 is 0 Å². The van der Waals surface area contributed by atoms with Crippen LogP contribution in [-0.4, -0.2) is 26.4 Å². The molecule has 5 heteroatoms. The van der Waals surface area contributed by atoms with Crippen LogP contribution in [0.1, 0.15) is 37.4 Å². The number of aromatic nitrogens is 2. The lowest BCUT2D eigenvalue weighted by Crippen LogP contribution is -2.23. The normalized spacial score (nSPS) is 28.0. The predicted molar refractivity (Wildman–Crippen MR) is 65.3 cm³/mol. The van der Waals surface area contributed by atoms with E-state index in [2.05, 4.69) is 9.55 Å². The monoisotopic (exact) mass is 252 g/mol. The summed E-state index contributed by atoms with van der Waals surface area (Å²) in [6, 6.07) is 0.465. The van der Waals surface area contributed by atoms with Crippen molar-refractivity contribution >= 4 is 17.7 Å². The van der Waals surface area contributed by atoms with Crippen molar-refractivity contribution in [2.75, 3.05) is 5.75 Å². The van der Waals surface area contributed by atoms with Crippen LogP contribution >= 0.6 is 11.8 Å². The maximum absolute atomic E-state index is 10.9. The molecule has 4 nitrogen and oxygen atoms in total. The quantitative estimate of drug-likeness (QED) is 0.877. The Bertz CT molecular complexity index is 436. The Morgan fingerprint density at radius 2 is 2.18 bits per heavy atom. The smallest absolute Gasteiger partial charge is 0.306 e. The van der Waals surface area contributed by atoms with Gasteiger partial charge in [0, 0.05) is 18.2 Å². The zero-order valence-corrected chi connectivity index (χ0v) is 10.4. The zero-order chi connectivity index (χ0) is 11.8. The molecular weight excluding hydrogens is 236 g/mol. The molecule has 1 aromatic rings. The van der Waals surface area contributed by atoms with Crippen LogP contribution in [0.5, 0.6) is 0 Å². The molecule has 1 aliphatic heterocycles. The van der Waals surface area contributed by atoms with Gasteiger partial charge in [0.05, 0.1) is 23.0 Å². The molecule has 1 N–H and O–H groups in total. The molecule has 1 saturated carbocycles. The third-order valence-corrected chi connectivity index (χ3v) is 4.96. The number of fused-ring (bicyclic) bond motifs is 1. The van der Waals surface area contributed by atoms with Gasteiger partial charge in [0.1, 0.15) is 0 Å². The number of aliphatic carboxylic acids is 1. The highest BCUT2D eigenvalue weighted by Gasteiger charge is 2.29. The average molecular weight is 252 g/mol. The minimum absolute atomic E-state index is 0.129. The number of aryl methyl sites for hydroxylation is 1. The third-order valence-electron chi connectivity index (χ3n) is 3.84. The van der Waals surface area contributed by atoms with E-state index < -0.39 is 5.97 Å². The summed E-state index contributed by atoms with van der Waals surface area (Å²) in [7, 11) is 0. The van der Waals surface area contributed by atoms with Crippen molar-refractivity contribution in [3.05, 3.63) is 12.0 Å². The third kappa shape index (κ3) is 1.97. The van der Waals surface area contributed by atoms with E-state index in [0.717, 1.165) is 37.9 Å². The van der Waals surface area contributed by atoms with Crippen LogP contribution in [0.15, 0.2) is 11.4 Å².